The molecule has 1 atom stereocenters. The van der Waals surface area contributed by atoms with Gasteiger partial charge in [0.15, 0.2) is 0 Å². The van der Waals surface area contributed by atoms with E-state index in [4.69, 9.17) is 10.5 Å². The van der Waals surface area contributed by atoms with Crippen LogP contribution in [0.2, 0.25) is 0 Å². The van der Waals surface area contributed by atoms with Crippen molar-refractivity contribution in [1.29, 1.82) is 0 Å². The number of carbonyl (C=O) groups is 1. The van der Waals surface area contributed by atoms with E-state index in [-0.39, 0.29) is 12.6 Å². The second-order valence-corrected chi connectivity index (χ2v) is 5.12. The lowest BCUT2D eigenvalue weighted by molar-refractivity contribution is 0.0601. The van der Waals surface area contributed by atoms with E-state index in [1.165, 1.54) is 13.5 Å². The molecule has 5 heteroatoms. The molecule has 0 saturated carbocycles. The van der Waals surface area contributed by atoms with E-state index in [0.717, 1.165) is 31.5 Å². The summed E-state index contributed by atoms with van der Waals surface area (Å²) in [6, 6.07) is 5.59. The van der Waals surface area contributed by atoms with Gasteiger partial charge in [-0.2, -0.15) is 0 Å². The summed E-state index contributed by atoms with van der Waals surface area (Å²) in [6.45, 7) is 1.12. The number of hydrogen-bond donors (Lipinski definition) is 2. The number of nitrogen functional groups attached to an aromatic ring is 1. The number of nitrogens with zero attached hydrogens (tertiary/aromatic N) is 1. The molecule has 1 aromatic rings. The molecule has 1 unspecified atom stereocenters. The summed E-state index contributed by atoms with van der Waals surface area (Å²) in [7, 11) is 1.36. The number of aliphatic hydroxyl groups is 1. The first kappa shape index (κ1) is 14.7. The van der Waals surface area contributed by atoms with Gasteiger partial charge in [0.25, 0.3) is 0 Å². The van der Waals surface area contributed by atoms with Gasteiger partial charge in [0, 0.05) is 19.2 Å². The van der Waals surface area contributed by atoms with Crippen LogP contribution in [0, 0.1) is 0 Å². The largest absolute Gasteiger partial charge is 0.465 e. The number of benzene rings is 1. The highest BCUT2D eigenvalue weighted by molar-refractivity contribution is 5.92. The van der Waals surface area contributed by atoms with E-state index in [9.17, 15) is 9.90 Å². The quantitative estimate of drug-likeness (QED) is 0.649. The summed E-state index contributed by atoms with van der Waals surface area (Å²) in [4.78, 5) is 13.7. The Morgan fingerprint density at radius 3 is 2.95 bits per heavy atom. The zero-order valence-electron chi connectivity index (χ0n) is 11.8. The number of methoxy groups -OCH3 is 1. The SMILES string of the molecule is COC(=O)c1ccc(N2CCCCC2CCO)c(N)c1. The maximum atomic E-state index is 11.5. The number of carbonyl (C=O) groups excluding carboxylic acids is 1. The third kappa shape index (κ3) is 3.04. The smallest absolute Gasteiger partial charge is 0.337 e. The molecule has 0 spiro atoms. The third-order valence-corrected chi connectivity index (χ3v) is 3.85. The lowest BCUT2D eigenvalue weighted by Crippen LogP contribution is -2.40. The van der Waals surface area contributed by atoms with Crippen molar-refractivity contribution in [1.82, 2.24) is 0 Å². The number of aliphatic hydroxyl groups excluding tert-OH is 1. The van der Waals surface area contributed by atoms with Gasteiger partial charge in [-0.1, -0.05) is 0 Å². The van der Waals surface area contributed by atoms with E-state index in [1.807, 2.05) is 6.07 Å². The minimum absolute atomic E-state index is 0.182. The van der Waals surface area contributed by atoms with E-state index in [2.05, 4.69) is 4.90 Å². The van der Waals surface area contributed by atoms with E-state index in [0.29, 0.717) is 17.3 Å². The highest BCUT2D eigenvalue weighted by Crippen LogP contribution is 2.31. The van der Waals surface area contributed by atoms with Crippen LogP contribution in [0.15, 0.2) is 18.2 Å². The van der Waals surface area contributed by atoms with Gasteiger partial charge in [0.05, 0.1) is 24.0 Å². The molecule has 1 aromatic carbocycles. The summed E-state index contributed by atoms with van der Waals surface area (Å²) in [6.07, 6.45) is 4.12. The van der Waals surface area contributed by atoms with Gasteiger partial charge in [0.2, 0.25) is 0 Å². The van der Waals surface area contributed by atoms with Crippen LogP contribution in [0.3, 0.4) is 0 Å². The maximum absolute atomic E-state index is 11.5. The Balaban J connectivity index is 2.24. The number of esters is 1. The molecule has 2 rings (SSSR count). The fourth-order valence-corrected chi connectivity index (χ4v) is 2.83. The Morgan fingerprint density at radius 2 is 2.30 bits per heavy atom. The Morgan fingerprint density at radius 1 is 1.50 bits per heavy atom. The fraction of sp³-hybridized carbons (Fsp3) is 0.533. The van der Waals surface area contributed by atoms with Crippen molar-refractivity contribution >= 4 is 17.3 Å². The molecule has 1 heterocycles. The Kier molecular flexibility index (Phi) is 4.84. The molecule has 0 aromatic heterocycles. The van der Waals surface area contributed by atoms with Crippen molar-refractivity contribution in [3.8, 4) is 0 Å². The zero-order chi connectivity index (χ0) is 14.5. The van der Waals surface area contributed by atoms with Gasteiger partial charge in [0.1, 0.15) is 0 Å². The Hall–Kier alpha value is -1.75. The predicted octanol–water partition coefficient (Wildman–Crippen LogP) is 1.80. The molecule has 1 saturated heterocycles. The summed E-state index contributed by atoms with van der Waals surface area (Å²) < 4.78 is 4.70. The molecule has 0 radical (unpaired) electrons. The molecule has 1 aliphatic heterocycles. The van der Waals surface area contributed by atoms with Crippen LogP contribution < -0.4 is 10.6 Å². The monoisotopic (exact) mass is 278 g/mol. The van der Waals surface area contributed by atoms with Gasteiger partial charge in [-0.05, 0) is 43.9 Å². The number of piperidine rings is 1. The standard InChI is InChI=1S/C15H22N2O3/c1-20-15(19)11-5-6-14(13(16)10-11)17-8-3-2-4-12(17)7-9-18/h5-6,10,12,18H,2-4,7-9,16H2,1H3. The predicted molar refractivity (Wildman–Crippen MR) is 78.9 cm³/mol. The van der Waals surface area contributed by atoms with Crippen molar-refractivity contribution < 1.29 is 14.6 Å². The molecule has 1 fully saturated rings. The maximum Gasteiger partial charge on any atom is 0.337 e. The van der Waals surface area contributed by atoms with Crippen molar-refractivity contribution in [2.45, 2.75) is 31.7 Å². The minimum Gasteiger partial charge on any atom is -0.465 e. The van der Waals surface area contributed by atoms with Crippen molar-refractivity contribution in [2.24, 2.45) is 0 Å². The fourth-order valence-electron chi connectivity index (χ4n) is 2.83. The number of ether oxygens (including phenoxy) is 1. The van der Waals surface area contributed by atoms with Crippen molar-refractivity contribution in [3.63, 3.8) is 0 Å². The van der Waals surface area contributed by atoms with E-state index in [1.54, 1.807) is 12.1 Å². The highest BCUT2D eigenvalue weighted by Gasteiger charge is 2.24. The molecule has 0 aliphatic carbocycles. The lowest BCUT2D eigenvalue weighted by atomic mass is 9.98. The molecule has 5 nitrogen and oxygen atoms in total. The van der Waals surface area contributed by atoms with Crippen LogP contribution >= 0.6 is 0 Å². The van der Waals surface area contributed by atoms with E-state index < -0.39 is 0 Å². The zero-order valence-corrected chi connectivity index (χ0v) is 11.8. The Labute approximate surface area is 119 Å². The topological polar surface area (TPSA) is 75.8 Å². The molecule has 0 amide bonds. The van der Waals surface area contributed by atoms with Crippen LogP contribution in [0.25, 0.3) is 0 Å². The van der Waals surface area contributed by atoms with Gasteiger partial charge in [-0.25, -0.2) is 4.79 Å². The first-order chi connectivity index (χ1) is 9.67. The van der Waals surface area contributed by atoms with Crippen molar-refractivity contribution in [2.75, 3.05) is 30.9 Å². The third-order valence-electron chi connectivity index (χ3n) is 3.85. The number of rotatable bonds is 4. The van der Waals surface area contributed by atoms with Gasteiger partial charge in [-0.15, -0.1) is 0 Å². The molecule has 0 bridgehead atoms. The molecule has 110 valence electrons. The van der Waals surface area contributed by atoms with Gasteiger partial charge < -0.3 is 20.5 Å². The number of nitrogens with two attached hydrogens (primary N) is 1. The van der Waals surface area contributed by atoms with Crippen LogP contribution in [0.1, 0.15) is 36.0 Å². The number of anilines is 2. The molecular formula is C15H22N2O3. The average Bonchev–Trinajstić information content (AvgIpc) is 2.47. The Bertz CT molecular complexity index is 474. The first-order valence-corrected chi connectivity index (χ1v) is 7.02. The van der Waals surface area contributed by atoms with E-state index >= 15 is 0 Å². The summed E-state index contributed by atoms with van der Waals surface area (Å²) in [5.41, 5.74) is 8.08. The van der Waals surface area contributed by atoms with Crippen LogP contribution in [0.5, 0.6) is 0 Å². The van der Waals surface area contributed by atoms with Gasteiger partial charge >= 0.3 is 5.97 Å². The average molecular weight is 278 g/mol. The molecule has 1 aliphatic rings. The van der Waals surface area contributed by atoms with Gasteiger partial charge in [-0.3, -0.25) is 0 Å². The molecule has 3 N–H and O–H groups in total. The number of hydrogen-bond acceptors (Lipinski definition) is 5. The molecular weight excluding hydrogens is 256 g/mol. The lowest BCUT2D eigenvalue weighted by Gasteiger charge is -2.38. The van der Waals surface area contributed by atoms with Crippen LogP contribution in [-0.2, 0) is 4.74 Å². The summed E-state index contributed by atoms with van der Waals surface area (Å²) >= 11 is 0. The summed E-state index contributed by atoms with van der Waals surface area (Å²) in [5, 5.41) is 9.18. The first-order valence-electron chi connectivity index (χ1n) is 7.02. The van der Waals surface area contributed by atoms with Crippen LogP contribution in [0.4, 0.5) is 11.4 Å². The van der Waals surface area contributed by atoms with Crippen molar-refractivity contribution in [3.05, 3.63) is 23.8 Å². The molecule has 20 heavy (non-hydrogen) atoms. The summed E-state index contributed by atoms with van der Waals surface area (Å²) in [5.74, 6) is -0.381. The minimum atomic E-state index is -0.381. The van der Waals surface area contributed by atoms with Crippen LogP contribution in [-0.4, -0.2) is 37.4 Å². The second-order valence-electron chi connectivity index (χ2n) is 5.12. The highest BCUT2D eigenvalue weighted by atomic mass is 16.5. The normalized spacial score (nSPS) is 18.9. The second kappa shape index (κ2) is 6.61.